The quantitative estimate of drug-likeness (QED) is 0.554. The van der Waals surface area contributed by atoms with Crippen LogP contribution in [0.25, 0.3) is 0 Å². The number of aromatic nitrogens is 2. The first-order valence-corrected chi connectivity index (χ1v) is 14.2. The lowest BCUT2D eigenvalue weighted by molar-refractivity contribution is -0.0952. The van der Waals surface area contributed by atoms with Crippen LogP contribution < -0.4 is 9.62 Å². The van der Waals surface area contributed by atoms with Crippen molar-refractivity contribution >= 4 is 16.0 Å². The molecule has 5 rings (SSSR count). The van der Waals surface area contributed by atoms with Gasteiger partial charge in [0.05, 0.1) is 25.8 Å². The molecule has 1 aliphatic carbocycles. The van der Waals surface area contributed by atoms with Gasteiger partial charge in [0.2, 0.25) is 0 Å². The molecule has 3 aliphatic rings. The molecule has 3 fully saturated rings. The molecule has 0 radical (unpaired) electrons. The van der Waals surface area contributed by atoms with E-state index >= 15 is 0 Å². The lowest BCUT2D eigenvalue weighted by Crippen LogP contribution is -2.63. The third-order valence-electron chi connectivity index (χ3n) is 7.61. The van der Waals surface area contributed by atoms with Crippen molar-refractivity contribution in [1.82, 2.24) is 19.2 Å². The predicted molar refractivity (Wildman–Crippen MR) is 132 cm³/mol. The zero-order valence-electron chi connectivity index (χ0n) is 20.5. The summed E-state index contributed by atoms with van der Waals surface area (Å²) in [6.07, 6.45) is 5.56. The minimum Gasteiger partial charge on any atom is -0.378 e. The largest absolute Gasteiger partial charge is 0.378 e. The van der Waals surface area contributed by atoms with Crippen molar-refractivity contribution in [3.8, 4) is 0 Å². The molecule has 1 aromatic heterocycles. The maximum absolute atomic E-state index is 13.6. The molecule has 1 N–H and O–H groups in total. The van der Waals surface area contributed by atoms with Gasteiger partial charge in [-0.15, -0.1) is 5.10 Å². The summed E-state index contributed by atoms with van der Waals surface area (Å²) < 4.78 is 75.5. The van der Waals surface area contributed by atoms with Crippen LogP contribution in [-0.4, -0.2) is 73.8 Å². The second-order valence-electron chi connectivity index (χ2n) is 10.3. The summed E-state index contributed by atoms with van der Waals surface area (Å²) in [7, 11) is -4.02. The summed E-state index contributed by atoms with van der Waals surface area (Å²) in [6.45, 7) is -0.208. The maximum atomic E-state index is 13.6. The highest BCUT2D eigenvalue weighted by molar-refractivity contribution is 7.87. The van der Waals surface area contributed by atoms with E-state index in [9.17, 15) is 21.6 Å². The Balaban J connectivity index is 1.20. The van der Waals surface area contributed by atoms with Crippen molar-refractivity contribution in [2.24, 2.45) is 5.92 Å². The van der Waals surface area contributed by atoms with Crippen molar-refractivity contribution in [3.05, 3.63) is 54.0 Å². The summed E-state index contributed by atoms with van der Waals surface area (Å²) in [5.74, 6) is -2.40. The standard InChI is InChI=1S/C25H32F3N5O3S/c26-21-4-1-3-19(13-21)18-6-8-22(9-7-18)36-15-20-14-32(24-5-2-11-29-30-24)12-10-23(20)31-37(34,35)33-16-25(27,28)17-33/h1-5,11,13,18,20,22-23,31H,6-10,12,14-17H2. The number of hydrogen-bond acceptors (Lipinski definition) is 6. The van der Waals surface area contributed by atoms with E-state index in [4.69, 9.17) is 4.74 Å². The first kappa shape index (κ1) is 26.3. The number of alkyl halides is 2. The van der Waals surface area contributed by atoms with Crippen LogP contribution >= 0.6 is 0 Å². The molecule has 0 amide bonds. The van der Waals surface area contributed by atoms with E-state index < -0.39 is 35.3 Å². The fourth-order valence-corrected chi connectivity index (χ4v) is 7.07. The van der Waals surface area contributed by atoms with Crippen molar-refractivity contribution in [2.75, 3.05) is 37.7 Å². The van der Waals surface area contributed by atoms with Gasteiger partial charge in [0.1, 0.15) is 5.82 Å². The molecule has 8 nitrogen and oxygen atoms in total. The van der Waals surface area contributed by atoms with Gasteiger partial charge in [-0.25, -0.2) is 13.2 Å². The molecule has 1 saturated carbocycles. The minimum absolute atomic E-state index is 0.0306. The molecule has 2 aromatic rings. The zero-order valence-corrected chi connectivity index (χ0v) is 21.3. The molecule has 37 heavy (non-hydrogen) atoms. The van der Waals surface area contributed by atoms with Gasteiger partial charge in [-0.05, 0) is 67.9 Å². The van der Waals surface area contributed by atoms with Crippen molar-refractivity contribution in [3.63, 3.8) is 0 Å². The van der Waals surface area contributed by atoms with E-state index in [0.717, 1.165) is 35.6 Å². The van der Waals surface area contributed by atoms with Crippen LogP contribution in [0, 0.1) is 11.7 Å². The third kappa shape index (κ3) is 6.42. The average molecular weight is 540 g/mol. The number of halogens is 3. The SMILES string of the molecule is O=S(=O)(NC1CCN(c2cccnn2)CC1COC1CCC(c2cccc(F)c2)CC1)N1CC(F)(F)C1. The van der Waals surface area contributed by atoms with Crippen LogP contribution in [-0.2, 0) is 14.9 Å². The van der Waals surface area contributed by atoms with E-state index in [2.05, 4.69) is 14.9 Å². The van der Waals surface area contributed by atoms with Gasteiger partial charge in [-0.3, -0.25) is 0 Å². The number of piperidine rings is 1. The Labute approximate surface area is 215 Å². The third-order valence-corrected chi connectivity index (χ3v) is 9.15. The Hall–Kier alpha value is -2.28. The second-order valence-corrected chi connectivity index (χ2v) is 12.0. The Morgan fingerprint density at radius 2 is 1.86 bits per heavy atom. The van der Waals surface area contributed by atoms with E-state index in [1.54, 1.807) is 24.4 Å². The Bertz CT molecular complexity index is 1160. The number of nitrogens with zero attached hydrogens (tertiary/aromatic N) is 4. The molecule has 0 spiro atoms. The zero-order chi connectivity index (χ0) is 26.0. The Kier molecular flexibility index (Phi) is 7.71. The summed E-state index contributed by atoms with van der Waals surface area (Å²) in [5, 5.41) is 8.11. The molecule has 3 heterocycles. The van der Waals surface area contributed by atoms with Crippen molar-refractivity contribution in [1.29, 1.82) is 0 Å². The number of hydrogen-bond donors (Lipinski definition) is 1. The van der Waals surface area contributed by atoms with Gasteiger partial charge in [-0.1, -0.05) is 12.1 Å². The Morgan fingerprint density at radius 1 is 1.08 bits per heavy atom. The Morgan fingerprint density at radius 3 is 2.54 bits per heavy atom. The van der Waals surface area contributed by atoms with Crippen molar-refractivity contribution in [2.45, 2.75) is 56.1 Å². The maximum Gasteiger partial charge on any atom is 0.280 e. The highest BCUT2D eigenvalue weighted by Crippen LogP contribution is 2.35. The number of anilines is 1. The van der Waals surface area contributed by atoms with Crippen LogP contribution in [0.4, 0.5) is 19.0 Å². The summed E-state index contributed by atoms with van der Waals surface area (Å²) in [6, 6.07) is 9.94. The minimum atomic E-state index is -4.02. The van der Waals surface area contributed by atoms with Crippen LogP contribution in [0.3, 0.4) is 0 Å². The molecular weight excluding hydrogens is 507 g/mol. The van der Waals surface area contributed by atoms with Gasteiger partial charge < -0.3 is 9.64 Å². The summed E-state index contributed by atoms with van der Waals surface area (Å²) >= 11 is 0. The van der Waals surface area contributed by atoms with Gasteiger partial charge in [0, 0.05) is 31.2 Å². The first-order valence-electron chi connectivity index (χ1n) is 12.7. The molecule has 2 unspecified atom stereocenters. The molecule has 12 heteroatoms. The van der Waals surface area contributed by atoms with Crippen LogP contribution in [0.2, 0.25) is 0 Å². The number of rotatable bonds is 8. The predicted octanol–water partition coefficient (Wildman–Crippen LogP) is 3.34. The first-order chi connectivity index (χ1) is 17.7. The van der Waals surface area contributed by atoms with Crippen molar-refractivity contribution < 1.29 is 26.3 Å². The fraction of sp³-hybridized carbons (Fsp3) is 0.600. The molecule has 2 saturated heterocycles. The monoisotopic (exact) mass is 539 g/mol. The average Bonchev–Trinajstić information content (AvgIpc) is 2.87. The summed E-state index contributed by atoms with van der Waals surface area (Å²) in [4.78, 5) is 2.05. The number of nitrogens with one attached hydrogen (secondary N) is 1. The van der Waals surface area contributed by atoms with Crippen LogP contribution in [0.5, 0.6) is 0 Å². The lowest BCUT2D eigenvalue weighted by atomic mass is 9.82. The molecule has 0 bridgehead atoms. The van der Waals surface area contributed by atoms with Gasteiger partial charge in [-0.2, -0.15) is 22.5 Å². The topological polar surface area (TPSA) is 87.7 Å². The molecule has 2 aliphatic heterocycles. The van der Waals surface area contributed by atoms with Gasteiger partial charge in [0.15, 0.2) is 5.82 Å². The molecular formula is C25H32F3N5O3S. The van der Waals surface area contributed by atoms with E-state index in [0.29, 0.717) is 37.9 Å². The molecule has 1 aromatic carbocycles. The van der Waals surface area contributed by atoms with Gasteiger partial charge in [0.25, 0.3) is 16.1 Å². The fourth-order valence-electron chi connectivity index (χ4n) is 5.51. The molecule has 202 valence electrons. The highest BCUT2D eigenvalue weighted by atomic mass is 32.2. The van der Waals surface area contributed by atoms with Crippen LogP contribution in [0.1, 0.15) is 43.6 Å². The normalized spacial score (nSPS) is 28.6. The van der Waals surface area contributed by atoms with Crippen LogP contribution in [0.15, 0.2) is 42.6 Å². The van der Waals surface area contributed by atoms with Gasteiger partial charge >= 0.3 is 0 Å². The summed E-state index contributed by atoms with van der Waals surface area (Å²) in [5.41, 5.74) is 1.01. The van der Waals surface area contributed by atoms with E-state index in [1.165, 1.54) is 6.07 Å². The van der Waals surface area contributed by atoms with E-state index in [-0.39, 0.29) is 17.8 Å². The number of ether oxygens (including phenoxy) is 1. The highest BCUT2D eigenvalue weighted by Gasteiger charge is 2.50. The second kappa shape index (κ2) is 10.8. The smallest absolute Gasteiger partial charge is 0.280 e. The van der Waals surface area contributed by atoms with E-state index in [1.807, 2.05) is 17.0 Å². The lowest BCUT2D eigenvalue weighted by Gasteiger charge is -2.42. The molecule has 2 atom stereocenters. The number of benzene rings is 1.